The monoisotopic (exact) mass is 423 g/mol. The van der Waals surface area contributed by atoms with Crippen LogP contribution in [0.4, 0.5) is 0 Å². The molecule has 0 saturated heterocycles. The molecule has 1 heterocycles. The molecule has 3 rings (SSSR count). The lowest BCUT2D eigenvalue weighted by molar-refractivity contribution is -0.00935. The molecule has 1 amide bonds. The van der Waals surface area contributed by atoms with Crippen molar-refractivity contribution in [1.82, 2.24) is 15.4 Å². The van der Waals surface area contributed by atoms with Crippen LogP contribution in [0.25, 0.3) is 11.3 Å². The summed E-state index contributed by atoms with van der Waals surface area (Å²) in [6.07, 6.45) is 2.53. The van der Waals surface area contributed by atoms with Crippen LogP contribution in [0, 0.1) is 0 Å². The predicted molar refractivity (Wildman–Crippen MR) is 115 cm³/mol. The summed E-state index contributed by atoms with van der Waals surface area (Å²) in [7, 11) is 3.14. The lowest BCUT2D eigenvalue weighted by Crippen LogP contribution is -2.26. The molecule has 3 aromatic rings. The topological polar surface area (TPSA) is 91.8 Å². The maximum atomic E-state index is 12.5. The summed E-state index contributed by atoms with van der Waals surface area (Å²) in [4.78, 5) is 26.6. The number of hydrogen-bond acceptors (Lipinski definition) is 7. The number of benzene rings is 2. The van der Waals surface area contributed by atoms with Crippen LogP contribution in [0.1, 0.15) is 36.0 Å². The van der Waals surface area contributed by atoms with Crippen LogP contribution in [0.2, 0.25) is 0 Å². The Kier molecular flexibility index (Phi) is 7.40. The maximum Gasteiger partial charge on any atom is 0.295 e. The predicted octanol–water partition coefficient (Wildman–Crippen LogP) is 3.98. The van der Waals surface area contributed by atoms with Crippen LogP contribution in [0.5, 0.6) is 17.2 Å². The minimum absolute atomic E-state index is 0.141. The van der Waals surface area contributed by atoms with Crippen molar-refractivity contribution in [3.63, 3.8) is 0 Å². The van der Waals surface area contributed by atoms with Crippen LogP contribution in [-0.4, -0.2) is 36.7 Å². The summed E-state index contributed by atoms with van der Waals surface area (Å²) in [6, 6.07) is 12.8. The standard InChI is InChI=1S/C23H25N3O5/c1-5-30-18-8-6-16(7-9-18)21-13-24-14-22(25-21)23(27)26-31-15(2)17-10-19(28-3)12-20(11-17)29-4/h6-15H,5H2,1-4H3,(H,26,27)/t15-/m1/s1. The van der Waals surface area contributed by atoms with Crippen LogP contribution in [0.15, 0.2) is 54.9 Å². The van der Waals surface area contributed by atoms with E-state index >= 15 is 0 Å². The van der Waals surface area contributed by atoms with Gasteiger partial charge in [0.1, 0.15) is 29.0 Å². The molecule has 0 saturated carbocycles. The molecule has 1 aromatic heterocycles. The van der Waals surface area contributed by atoms with Crippen LogP contribution in [-0.2, 0) is 4.84 Å². The van der Waals surface area contributed by atoms with Gasteiger partial charge in [-0.3, -0.25) is 14.6 Å². The molecule has 0 fully saturated rings. The summed E-state index contributed by atoms with van der Waals surface area (Å²) in [5, 5.41) is 0. The van der Waals surface area contributed by atoms with Crippen LogP contribution >= 0.6 is 0 Å². The van der Waals surface area contributed by atoms with Crippen molar-refractivity contribution in [2.75, 3.05) is 20.8 Å². The summed E-state index contributed by atoms with van der Waals surface area (Å²) in [6.45, 7) is 4.32. The summed E-state index contributed by atoms with van der Waals surface area (Å²) < 4.78 is 16.0. The highest BCUT2D eigenvalue weighted by Gasteiger charge is 2.15. The number of amides is 1. The SMILES string of the molecule is CCOc1ccc(-c2cncc(C(=O)NO[C@H](C)c3cc(OC)cc(OC)c3)n2)cc1. The molecule has 8 heteroatoms. The van der Waals surface area contributed by atoms with Gasteiger partial charge in [0.15, 0.2) is 0 Å². The summed E-state index contributed by atoms with van der Waals surface area (Å²) in [5.41, 5.74) is 4.75. The zero-order chi connectivity index (χ0) is 22.2. The Balaban J connectivity index is 1.68. The highest BCUT2D eigenvalue weighted by atomic mass is 16.7. The Hall–Kier alpha value is -3.65. The van der Waals surface area contributed by atoms with Gasteiger partial charge in [-0.15, -0.1) is 0 Å². The number of carbonyl (C=O) groups excluding carboxylic acids is 1. The number of rotatable bonds is 9. The number of nitrogens with zero attached hydrogens (tertiary/aromatic N) is 2. The Morgan fingerprint density at radius 3 is 2.29 bits per heavy atom. The fourth-order valence-electron chi connectivity index (χ4n) is 2.83. The second-order valence-corrected chi connectivity index (χ2v) is 6.58. The first-order valence-electron chi connectivity index (χ1n) is 9.78. The molecule has 1 atom stereocenters. The Morgan fingerprint density at radius 2 is 1.68 bits per heavy atom. The van der Waals surface area contributed by atoms with Crippen molar-refractivity contribution >= 4 is 5.91 Å². The first kappa shape index (κ1) is 22.0. The fourth-order valence-corrected chi connectivity index (χ4v) is 2.83. The molecule has 0 unspecified atom stereocenters. The largest absolute Gasteiger partial charge is 0.497 e. The van der Waals surface area contributed by atoms with Gasteiger partial charge in [-0.2, -0.15) is 0 Å². The second kappa shape index (κ2) is 10.4. The van der Waals surface area contributed by atoms with E-state index < -0.39 is 12.0 Å². The van der Waals surface area contributed by atoms with Crippen LogP contribution < -0.4 is 19.7 Å². The van der Waals surface area contributed by atoms with Gasteiger partial charge >= 0.3 is 0 Å². The number of hydrogen-bond donors (Lipinski definition) is 1. The average Bonchev–Trinajstić information content (AvgIpc) is 2.82. The van der Waals surface area contributed by atoms with Crippen molar-refractivity contribution < 1.29 is 23.8 Å². The molecule has 2 aromatic carbocycles. The lowest BCUT2D eigenvalue weighted by atomic mass is 10.1. The van der Waals surface area contributed by atoms with Gasteiger partial charge in [0.25, 0.3) is 5.91 Å². The Morgan fingerprint density at radius 1 is 1.00 bits per heavy atom. The molecular formula is C23H25N3O5. The number of carbonyl (C=O) groups is 1. The first-order valence-corrected chi connectivity index (χ1v) is 9.78. The quantitative estimate of drug-likeness (QED) is 0.521. The number of nitrogens with one attached hydrogen (secondary N) is 1. The zero-order valence-electron chi connectivity index (χ0n) is 17.9. The van der Waals surface area contributed by atoms with Gasteiger partial charge in [0.2, 0.25) is 0 Å². The third-order valence-corrected chi connectivity index (χ3v) is 4.50. The molecule has 0 aliphatic carbocycles. The van der Waals surface area contributed by atoms with E-state index in [1.807, 2.05) is 43.3 Å². The maximum absolute atomic E-state index is 12.5. The minimum atomic E-state index is -0.498. The minimum Gasteiger partial charge on any atom is -0.497 e. The Labute approximate surface area is 181 Å². The van der Waals surface area contributed by atoms with E-state index in [1.165, 1.54) is 6.20 Å². The Bertz CT molecular complexity index is 1000. The average molecular weight is 423 g/mol. The van der Waals surface area contributed by atoms with E-state index in [0.717, 1.165) is 16.9 Å². The van der Waals surface area contributed by atoms with Gasteiger partial charge in [0.05, 0.1) is 38.9 Å². The molecule has 8 nitrogen and oxygen atoms in total. The zero-order valence-corrected chi connectivity index (χ0v) is 17.9. The number of methoxy groups -OCH3 is 2. The molecule has 31 heavy (non-hydrogen) atoms. The molecule has 0 aliphatic rings. The molecule has 0 radical (unpaired) electrons. The van der Waals surface area contributed by atoms with Crippen LogP contribution in [0.3, 0.4) is 0 Å². The van der Waals surface area contributed by atoms with E-state index in [0.29, 0.717) is 23.8 Å². The third-order valence-electron chi connectivity index (χ3n) is 4.50. The summed E-state index contributed by atoms with van der Waals surface area (Å²) >= 11 is 0. The van der Waals surface area contributed by atoms with Gasteiger partial charge in [-0.25, -0.2) is 10.5 Å². The van der Waals surface area contributed by atoms with Crippen molar-refractivity contribution in [3.8, 4) is 28.5 Å². The summed E-state index contributed by atoms with van der Waals surface area (Å²) in [5.74, 6) is 1.53. The van der Waals surface area contributed by atoms with E-state index in [4.69, 9.17) is 19.0 Å². The fraction of sp³-hybridized carbons (Fsp3) is 0.261. The normalized spacial score (nSPS) is 11.5. The number of hydroxylamine groups is 1. The molecule has 0 spiro atoms. The highest BCUT2D eigenvalue weighted by Crippen LogP contribution is 2.27. The van der Waals surface area contributed by atoms with E-state index in [9.17, 15) is 4.79 Å². The van der Waals surface area contributed by atoms with Gasteiger partial charge < -0.3 is 14.2 Å². The van der Waals surface area contributed by atoms with Gasteiger partial charge in [-0.05, 0) is 55.8 Å². The number of aromatic nitrogens is 2. The van der Waals surface area contributed by atoms with Crippen molar-refractivity contribution in [2.24, 2.45) is 0 Å². The van der Waals surface area contributed by atoms with Gasteiger partial charge in [0, 0.05) is 11.6 Å². The van der Waals surface area contributed by atoms with Crippen molar-refractivity contribution in [1.29, 1.82) is 0 Å². The smallest absolute Gasteiger partial charge is 0.295 e. The molecule has 0 bridgehead atoms. The van der Waals surface area contributed by atoms with E-state index in [-0.39, 0.29) is 5.69 Å². The second-order valence-electron chi connectivity index (χ2n) is 6.58. The first-order chi connectivity index (χ1) is 15.0. The highest BCUT2D eigenvalue weighted by molar-refractivity contribution is 5.91. The number of ether oxygens (including phenoxy) is 3. The van der Waals surface area contributed by atoms with Crippen molar-refractivity contribution in [3.05, 3.63) is 66.1 Å². The third kappa shape index (κ3) is 5.70. The molecule has 1 N–H and O–H groups in total. The van der Waals surface area contributed by atoms with Gasteiger partial charge in [-0.1, -0.05) is 0 Å². The molecule has 162 valence electrons. The van der Waals surface area contributed by atoms with Crippen molar-refractivity contribution in [2.45, 2.75) is 20.0 Å². The van der Waals surface area contributed by atoms with E-state index in [1.54, 1.807) is 33.4 Å². The van der Waals surface area contributed by atoms with E-state index in [2.05, 4.69) is 15.4 Å². The lowest BCUT2D eigenvalue weighted by Gasteiger charge is -2.15. The molecular weight excluding hydrogens is 398 g/mol. The molecule has 0 aliphatic heterocycles.